The highest BCUT2D eigenvalue weighted by atomic mass is 32.2. The molecular formula is C16H30N2S. The van der Waals surface area contributed by atoms with Crippen LogP contribution in [0.5, 0.6) is 0 Å². The van der Waals surface area contributed by atoms with Crippen molar-refractivity contribution in [3.8, 4) is 0 Å². The highest BCUT2D eigenvalue weighted by molar-refractivity contribution is 8.14. The van der Waals surface area contributed by atoms with Crippen LogP contribution in [0.3, 0.4) is 0 Å². The maximum absolute atomic E-state index is 4.76. The van der Waals surface area contributed by atoms with Crippen LogP contribution in [0.2, 0.25) is 0 Å². The molecule has 19 heavy (non-hydrogen) atoms. The van der Waals surface area contributed by atoms with E-state index in [9.17, 15) is 0 Å². The van der Waals surface area contributed by atoms with Gasteiger partial charge in [-0.15, -0.1) is 0 Å². The molecule has 3 atom stereocenters. The molecule has 0 spiro atoms. The van der Waals surface area contributed by atoms with E-state index in [1.54, 1.807) is 0 Å². The number of nitrogens with one attached hydrogen (secondary N) is 1. The number of hydrogen-bond acceptors (Lipinski definition) is 3. The predicted molar refractivity (Wildman–Crippen MR) is 86.9 cm³/mol. The lowest BCUT2D eigenvalue weighted by Crippen LogP contribution is -2.37. The highest BCUT2D eigenvalue weighted by Crippen LogP contribution is 2.31. The number of nitrogens with zero attached hydrogens (tertiary/aromatic N) is 1. The molecule has 2 aliphatic rings. The molecule has 1 aliphatic carbocycles. The highest BCUT2D eigenvalue weighted by Gasteiger charge is 2.28. The maximum atomic E-state index is 4.76. The summed E-state index contributed by atoms with van der Waals surface area (Å²) in [6.07, 6.45) is 9.50. The molecule has 2 rings (SSSR count). The van der Waals surface area contributed by atoms with Crippen LogP contribution in [0, 0.1) is 11.8 Å². The van der Waals surface area contributed by atoms with E-state index in [0.717, 1.165) is 23.6 Å². The number of amidine groups is 1. The summed E-state index contributed by atoms with van der Waals surface area (Å²) in [5.74, 6) is 1.64. The third-order valence-electron chi connectivity index (χ3n) is 4.92. The topological polar surface area (TPSA) is 24.4 Å². The molecule has 0 saturated heterocycles. The lowest BCUT2D eigenvalue weighted by Gasteiger charge is -2.24. The zero-order valence-electron chi connectivity index (χ0n) is 12.8. The summed E-state index contributed by atoms with van der Waals surface area (Å²) < 4.78 is 0. The molecule has 1 saturated carbocycles. The quantitative estimate of drug-likeness (QED) is 0.770. The first-order valence-corrected chi connectivity index (χ1v) is 9.10. The monoisotopic (exact) mass is 282 g/mol. The second kappa shape index (κ2) is 7.56. The van der Waals surface area contributed by atoms with Gasteiger partial charge in [-0.05, 0) is 24.7 Å². The van der Waals surface area contributed by atoms with E-state index in [0.29, 0.717) is 6.04 Å². The minimum atomic E-state index is 0.661. The lowest BCUT2D eigenvalue weighted by molar-refractivity contribution is 0.402. The molecule has 1 fully saturated rings. The Morgan fingerprint density at radius 3 is 2.68 bits per heavy atom. The van der Waals surface area contributed by atoms with Crippen molar-refractivity contribution in [3.05, 3.63) is 0 Å². The predicted octanol–water partition coefficient (Wildman–Crippen LogP) is 4.45. The molecule has 1 aliphatic heterocycles. The van der Waals surface area contributed by atoms with Crippen molar-refractivity contribution in [1.29, 1.82) is 0 Å². The van der Waals surface area contributed by atoms with E-state index in [1.807, 2.05) is 11.8 Å². The molecule has 0 aromatic heterocycles. The fourth-order valence-corrected chi connectivity index (χ4v) is 4.78. The first kappa shape index (κ1) is 15.2. The molecular weight excluding hydrogens is 252 g/mol. The van der Waals surface area contributed by atoms with Gasteiger partial charge in [0.2, 0.25) is 0 Å². The van der Waals surface area contributed by atoms with E-state index in [4.69, 9.17) is 4.99 Å². The van der Waals surface area contributed by atoms with Crippen LogP contribution in [0.15, 0.2) is 4.99 Å². The van der Waals surface area contributed by atoms with Crippen LogP contribution in [-0.4, -0.2) is 23.0 Å². The first-order valence-electron chi connectivity index (χ1n) is 8.22. The van der Waals surface area contributed by atoms with E-state index >= 15 is 0 Å². The number of hydrogen-bond donors (Lipinski definition) is 1. The zero-order valence-corrected chi connectivity index (χ0v) is 13.6. The van der Waals surface area contributed by atoms with Gasteiger partial charge in [-0.2, -0.15) is 0 Å². The van der Waals surface area contributed by atoms with Crippen molar-refractivity contribution in [2.24, 2.45) is 16.8 Å². The van der Waals surface area contributed by atoms with Crippen LogP contribution in [0.1, 0.15) is 65.7 Å². The number of thioether (sulfide) groups is 1. The zero-order chi connectivity index (χ0) is 13.7. The van der Waals surface area contributed by atoms with Gasteiger partial charge in [0.15, 0.2) is 5.17 Å². The Bertz CT molecular complexity index is 299. The van der Waals surface area contributed by atoms with Crippen LogP contribution < -0.4 is 5.32 Å². The fourth-order valence-electron chi connectivity index (χ4n) is 3.40. The Balaban J connectivity index is 1.83. The van der Waals surface area contributed by atoms with Gasteiger partial charge < -0.3 is 5.32 Å². The Morgan fingerprint density at radius 2 is 1.95 bits per heavy atom. The molecule has 1 N–H and O–H groups in total. The second-order valence-electron chi connectivity index (χ2n) is 6.24. The molecule has 0 aromatic carbocycles. The maximum Gasteiger partial charge on any atom is 0.157 e. The molecule has 3 heteroatoms. The summed E-state index contributed by atoms with van der Waals surface area (Å²) in [6, 6.07) is 0.661. The van der Waals surface area contributed by atoms with Crippen molar-refractivity contribution in [2.75, 3.05) is 6.54 Å². The smallest absolute Gasteiger partial charge is 0.157 e. The van der Waals surface area contributed by atoms with Gasteiger partial charge in [0, 0.05) is 11.3 Å². The molecule has 2 nitrogen and oxygen atoms in total. The third kappa shape index (κ3) is 4.14. The van der Waals surface area contributed by atoms with Crippen LogP contribution in [0.4, 0.5) is 0 Å². The second-order valence-corrected chi connectivity index (χ2v) is 7.47. The van der Waals surface area contributed by atoms with E-state index in [-0.39, 0.29) is 0 Å². The van der Waals surface area contributed by atoms with E-state index in [1.165, 1.54) is 50.1 Å². The average Bonchev–Trinajstić information content (AvgIpc) is 2.77. The molecule has 110 valence electrons. The standard InChI is InChI=1S/C16H30N2S/c1-4-13(5-2)15-11-17-16(19-15)18-14-10-8-6-7-9-12(14)3/h12-15H,4-11H2,1-3H3,(H,17,18). The van der Waals surface area contributed by atoms with Gasteiger partial charge in [0.05, 0.1) is 6.54 Å². The first-order chi connectivity index (χ1) is 9.24. The van der Waals surface area contributed by atoms with Crippen molar-refractivity contribution in [3.63, 3.8) is 0 Å². The largest absolute Gasteiger partial charge is 0.362 e. The van der Waals surface area contributed by atoms with Gasteiger partial charge in [-0.3, -0.25) is 4.99 Å². The minimum Gasteiger partial charge on any atom is -0.362 e. The molecule has 0 aromatic rings. The summed E-state index contributed by atoms with van der Waals surface area (Å²) in [4.78, 5) is 4.76. The van der Waals surface area contributed by atoms with Crippen LogP contribution in [-0.2, 0) is 0 Å². The average molecular weight is 282 g/mol. The Kier molecular flexibility index (Phi) is 6.06. The number of rotatable bonds is 4. The Hall–Kier alpha value is -0.180. The lowest BCUT2D eigenvalue weighted by atomic mass is 9.97. The summed E-state index contributed by atoms with van der Waals surface area (Å²) in [5.41, 5.74) is 0. The Labute approximate surface area is 123 Å². The van der Waals surface area contributed by atoms with Gasteiger partial charge in [-0.1, -0.05) is 64.6 Å². The number of aliphatic imine (C=N–C) groups is 1. The van der Waals surface area contributed by atoms with Crippen molar-refractivity contribution in [1.82, 2.24) is 5.32 Å². The minimum absolute atomic E-state index is 0.661. The van der Waals surface area contributed by atoms with Gasteiger partial charge in [-0.25, -0.2) is 0 Å². The van der Waals surface area contributed by atoms with Crippen molar-refractivity contribution >= 4 is 16.9 Å². The third-order valence-corrected chi connectivity index (χ3v) is 6.23. The van der Waals surface area contributed by atoms with Gasteiger partial charge in [0.25, 0.3) is 0 Å². The van der Waals surface area contributed by atoms with Gasteiger partial charge in [0.1, 0.15) is 0 Å². The van der Waals surface area contributed by atoms with Crippen molar-refractivity contribution < 1.29 is 0 Å². The summed E-state index contributed by atoms with van der Waals surface area (Å²) >= 11 is 2.01. The Morgan fingerprint density at radius 1 is 1.21 bits per heavy atom. The molecule has 3 unspecified atom stereocenters. The molecule has 1 heterocycles. The van der Waals surface area contributed by atoms with Crippen LogP contribution in [0.25, 0.3) is 0 Å². The summed E-state index contributed by atoms with van der Waals surface area (Å²) in [5, 5.41) is 5.71. The van der Waals surface area contributed by atoms with Crippen molar-refractivity contribution in [2.45, 2.75) is 77.0 Å². The SMILES string of the molecule is CCC(CC)C1CN=C(NC2CCCCCC2C)S1. The fraction of sp³-hybridized carbons (Fsp3) is 0.938. The van der Waals surface area contributed by atoms with E-state index < -0.39 is 0 Å². The molecule has 0 amide bonds. The van der Waals surface area contributed by atoms with Crippen LogP contribution >= 0.6 is 11.8 Å². The molecule has 0 radical (unpaired) electrons. The van der Waals surface area contributed by atoms with Gasteiger partial charge >= 0.3 is 0 Å². The normalized spacial score (nSPS) is 32.2. The van der Waals surface area contributed by atoms with E-state index in [2.05, 4.69) is 26.1 Å². The summed E-state index contributed by atoms with van der Waals surface area (Å²) in [6.45, 7) is 8.06. The molecule has 0 bridgehead atoms. The summed E-state index contributed by atoms with van der Waals surface area (Å²) in [7, 11) is 0.